The fourth-order valence-corrected chi connectivity index (χ4v) is 5.53. The molecule has 0 radical (unpaired) electrons. The number of aryl methyl sites for hydroxylation is 1. The Bertz CT molecular complexity index is 2020. The Morgan fingerprint density at radius 3 is 2.33 bits per heavy atom. The number of para-hydroxylation sites is 2. The second kappa shape index (κ2) is 5.90. The number of furan rings is 1. The third-order valence-electron chi connectivity index (χ3n) is 7.03. The van der Waals surface area contributed by atoms with E-state index in [1.165, 1.54) is 38.1 Å². The van der Waals surface area contributed by atoms with Gasteiger partial charge in [0.2, 0.25) is 0 Å². The molecule has 0 aliphatic carbocycles. The van der Waals surface area contributed by atoms with Gasteiger partial charge in [-0.15, -0.1) is 0 Å². The lowest BCUT2D eigenvalue weighted by Crippen LogP contribution is -1.85. The lowest BCUT2D eigenvalue weighted by Gasteiger charge is -2.03. The highest BCUT2D eigenvalue weighted by atomic mass is 16.3. The van der Waals surface area contributed by atoms with Crippen molar-refractivity contribution in [2.24, 2.45) is 0 Å². The highest BCUT2D eigenvalue weighted by molar-refractivity contribution is 6.28. The van der Waals surface area contributed by atoms with Crippen LogP contribution in [0, 0.1) is 6.92 Å². The van der Waals surface area contributed by atoms with Gasteiger partial charge >= 0.3 is 0 Å². The van der Waals surface area contributed by atoms with Gasteiger partial charge in [0.15, 0.2) is 5.58 Å². The molecule has 0 saturated heterocycles. The van der Waals surface area contributed by atoms with Crippen molar-refractivity contribution in [3.63, 3.8) is 0 Å². The van der Waals surface area contributed by atoms with E-state index in [4.69, 9.17) is 4.42 Å². The average molecular weight is 422 g/mol. The van der Waals surface area contributed by atoms with Gasteiger partial charge in [0.05, 0.1) is 22.2 Å². The highest BCUT2D eigenvalue weighted by Crippen LogP contribution is 2.43. The molecule has 0 aliphatic heterocycles. The summed E-state index contributed by atoms with van der Waals surface area (Å²) in [5, 5.41) is 7.31. The fraction of sp³-hybridized carbons (Fsp3) is 0.0333. The molecule has 0 fully saturated rings. The van der Waals surface area contributed by atoms with Gasteiger partial charge in [-0.05, 0) is 42.8 Å². The summed E-state index contributed by atoms with van der Waals surface area (Å²) in [6.45, 7) is 2.07. The van der Waals surface area contributed by atoms with Crippen molar-refractivity contribution in [2.75, 3.05) is 0 Å². The quantitative estimate of drug-likeness (QED) is 0.267. The molecule has 4 aromatic carbocycles. The van der Waals surface area contributed by atoms with E-state index in [1.807, 2.05) is 18.3 Å². The van der Waals surface area contributed by atoms with Gasteiger partial charge in [0.25, 0.3) is 0 Å². The van der Waals surface area contributed by atoms with Gasteiger partial charge in [-0.25, -0.2) is 0 Å². The van der Waals surface area contributed by atoms with E-state index >= 15 is 0 Å². The highest BCUT2D eigenvalue weighted by Gasteiger charge is 2.21. The number of hydrogen-bond donors (Lipinski definition) is 0. The summed E-state index contributed by atoms with van der Waals surface area (Å²) in [5.74, 6) is 0. The van der Waals surface area contributed by atoms with Crippen LogP contribution in [0.25, 0.3) is 71.3 Å². The molecular weight excluding hydrogens is 404 g/mol. The van der Waals surface area contributed by atoms with Crippen molar-refractivity contribution in [1.29, 1.82) is 0 Å². The van der Waals surface area contributed by atoms with Crippen molar-refractivity contribution in [2.45, 2.75) is 6.92 Å². The molecule has 8 aromatic rings. The number of benzene rings is 4. The minimum Gasteiger partial charge on any atom is -0.454 e. The van der Waals surface area contributed by atoms with E-state index < -0.39 is 0 Å². The SMILES string of the molecule is Cc1ccc(-c2ccc3c(c2)c2cccc4c5ccc6c7ccccc7oc6c5n3c24)nc1. The average Bonchev–Trinajstić information content (AvgIpc) is 3.50. The second-order valence-corrected chi connectivity index (χ2v) is 8.93. The Balaban J connectivity index is 1.56. The van der Waals surface area contributed by atoms with Crippen LogP contribution >= 0.6 is 0 Å². The van der Waals surface area contributed by atoms with Crippen molar-refractivity contribution in [3.05, 3.63) is 96.7 Å². The summed E-state index contributed by atoms with van der Waals surface area (Å²) in [4.78, 5) is 4.65. The molecule has 0 atom stereocenters. The van der Waals surface area contributed by atoms with Crippen LogP contribution in [0.15, 0.2) is 95.5 Å². The zero-order valence-corrected chi connectivity index (χ0v) is 18.0. The van der Waals surface area contributed by atoms with E-state index in [2.05, 4.69) is 89.1 Å². The van der Waals surface area contributed by atoms with Gasteiger partial charge in [-0.2, -0.15) is 0 Å². The monoisotopic (exact) mass is 422 g/mol. The van der Waals surface area contributed by atoms with Crippen LogP contribution in [0.2, 0.25) is 0 Å². The van der Waals surface area contributed by atoms with Gasteiger partial charge < -0.3 is 8.82 Å². The number of pyridine rings is 1. The third kappa shape index (κ3) is 2.12. The number of hydrogen-bond acceptors (Lipinski definition) is 2. The zero-order chi connectivity index (χ0) is 21.7. The first-order valence-corrected chi connectivity index (χ1v) is 11.2. The maximum Gasteiger partial charge on any atom is 0.160 e. The van der Waals surface area contributed by atoms with Crippen molar-refractivity contribution in [1.82, 2.24) is 9.38 Å². The van der Waals surface area contributed by atoms with E-state index in [1.54, 1.807) is 0 Å². The molecule has 3 heteroatoms. The number of rotatable bonds is 1. The first kappa shape index (κ1) is 17.2. The molecule has 0 spiro atoms. The van der Waals surface area contributed by atoms with Gasteiger partial charge in [-0.3, -0.25) is 4.98 Å². The predicted molar refractivity (Wildman–Crippen MR) is 136 cm³/mol. The summed E-state index contributed by atoms with van der Waals surface area (Å²) in [5.41, 5.74) is 8.77. The number of fused-ring (bicyclic) bond motifs is 10. The molecule has 33 heavy (non-hydrogen) atoms. The molecule has 0 saturated carbocycles. The van der Waals surface area contributed by atoms with Crippen LogP contribution in [-0.4, -0.2) is 9.38 Å². The lowest BCUT2D eigenvalue weighted by molar-refractivity contribution is 0.671. The van der Waals surface area contributed by atoms with Gasteiger partial charge in [-0.1, -0.05) is 54.6 Å². The maximum absolute atomic E-state index is 6.45. The van der Waals surface area contributed by atoms with Crippen LogP contribution < -0.4 is 0 Å². The van der Waals surface area contributed by atoms with Crippen LogP contribution in [-0.2, 0) is 0 Å². The zero-order valence-electron chi connectivity index (χ0n) is 18.0. The molecule has 4 aromatic heterocycles. The minimum absolute atomic E-state index is 0.928. The van der Waals surface area contributed by atoms with Crippen molar-refractivity contribution >= 4 is 60.0 Å². The molecule has 3 nitrogen and oxygen atoms in total. The summed E-state index contributed by atoms with van der Waals surface area (Å²) in [6, 6.07) is 30.3. The number of aromatic nitrogens is 2. The van der Waals surface area contributed by atoms with Crippen molar-refractivity contribution < 1.29 is 4.42 Å². The van der Waals surface area contributed by atoms with E-state index in [0.29, 0.717) is 0 Å². The lowest BCUT2D eigenvalue weighted by atomic mass is 10.0. The fourth-order valence-electron chi connectivity index (χ4n) is 5.53. The maximum atomic E-state index is 6.45. The topological polar surface area (TPSA) is 30.4 Å². The largest absolute Gasteiger partial charge is 0.454 e. The van der Waals surface area contributed by atoms with E-state index in [-0.39, 0.29) is 0 Å². The minimum atomic E-state index is 0.928. The molecule has 0 N–H and O–H groups in total. The molecule has 0 amide bonds. The Kier molecular flexibility index (Phi) is 3.08. The van der Waals surface area contributed by atoms with Crippen molar-refractivity contribution in [3.8, 4) is 11.3 Å². The van der Waals surface area contributed by atoms with E-state index in [9.17, 15) is 0 Å². The standard InChI is InChI=1S/C30H18N2O/c1-17-9-13-25(31-16-17)18-10-14-26-24(15-18)21-7-4-6-20-22-11-12-23-19-5-2-3-8-27(19)33-30(23)29(22)32(26)28(20)21/h2-16H,1H3. The summed E-state index contributed by atoms with van der Waals surface area (Å²) in [7, 11) is 0. The molecule has 154 valence electrons. The molecule has 0 unspecified atom stereocenters. The Morgan fingerprint density at radius 1 is 0.667 bits per heavy atom. The molecule has 8 rings (SSSR count). The molecule has 4 heterocycles. The van der Waals surface area contributed by atoms with Gasteiger partial charge in [0.1, 0.15) is 5.58 Å². The first-order valence-electron chi connectivity index (χ1n) is 11.2. The van der Waals surface area contributed by atoms with E-state index in [0.717, 1.165) is 38.7 Å². The molecular formula is C30H18N2O. The van der Waals surface area contributed by atoms with Crippen LogP contribution in [0.5, 0.6) is 0 Å². The molecule has 0 aliphatic rings. The van der Waals surface area contributed by atoms with Crippen LogP contribution in [0.1, 0.15) is 5.56 Å². The first-order chi connectivity index (χ1) is 16.3. The Morgan fingerprint density at radius 2 is 1.45 bits per heavy atom. The summed E-state index contributed by atoms with van der Waals surface area (Å²) < 4.78 is 8.84. The number of nitrogens with zero attached hydrogens (tertiary/aromatic N) is 2. The van der Waals surface area contributed by atoms with Crippen LogP contribution in [0.4, 0.5) is 0 Å². The van der Waals surface area contributed by atoms with Gasteiger partial charge in [0, 0.05) is 44.1 Å². The molecule has 0 bridgehead atoms. The van der Waals surface area contributed by atoms with Crippen LogP contribution in [0.3, 0.4) is 0 Å². The summed E-state index contributed by atoms with van der Waals surface area (Å²) in [6.07, 6.45) is 1.93. The smallest absolute Gasteiger partial charge is 0.160 e. The second-order valence-electron chi connectivity index (χ2n) is 8.93. The normalized spacial score (nSPS) is 12.4. The Labute approximate surface area is 188 Å². The Hall–Kier alpha value is -4.37. The summed E-state index contributed by atoms with van der Waals surface area (Å²) >= 11 is 0. The third-order valence-corrected chi connectivity index (χ3v) is 7.03. The predicted octanol–water partition coefficient (Wildman–Crippen LogP) is 8.11.